The number of nitrogens with one attached hydrogen (secondary N) is 2. The maximum atomic E-state index is 10.8. The van der Waals surface area contributed by atoms with Crippen LogP contribution in [0.5, 0.6) is 0 Å². The molecular weight excluding hydrogens is 142 g/mol. The lowest BCUT2D eigenvalue weighted by atomic mass is 9.83. The second kappa shape index (κ2) is 2.19. The van der Waals surface area contributed by atoms with Crippen molar-refractivity contribution in [1.82, 2.24) is 10.9 Å². The van der Waals surface area contributed by atoms with Gasteiger partial charge in [0.1, 0.15) is 0 Å². The van der Waals surface area contributed by atoms with Crippen molar-refractivity contribution in [3.05, 3.63) is 0 Å². The molecule has 2 aliphatic rings. The summed E-state index contributed by atoms with van der Waals surface area (Å²) in [5, 5.41) is 0. The molecule has 0 aromatic carbocycles. The molecule has 1 atom stereocenters. The molecule has 2 fully saturated rings. The summed E-state index contributed by atoms with van der Waals surface area (Å²) in [4.78, 5) is 10.8. The minimum absolute atomic E-state index is 0.0752. The van der Waals surface area contributed by atoms with Crippen LogP contribution in [-0.2, 0) is 4.79 Å². The van der Waals surface area contributed by atoms with Gasteiger partial charge < -0.3 is 5.73 Å². The highest BCUT2D eigenvalue weighted by atomic mass is 16.1. The minimum atomic E-state index is -0.153. The summed E-state index contributed by atoms with van der Waals surface area (Å²) in [6, 6.07) is 0. The predicted molar refractivity (Wildman–Crippen MR) is 40.2 cm³/mol. The van der Waals surface area contributed by atoms with Crippen LogP contribution in [0.25, 0.3) is 0 Å². The van der Waals surface area contributed by atoms with Crippen LogP contribution in [0.2, 0.25) is 0 Å². The van der Waals surface area contributed by atoms with Crippen LogP contribution in [0, 0.1) is 5.92 Å². The number of rotatable bonds is 1. The van der Waals surface area contributed by atoms with Gasteiger partial charge in [-0.1, -0.05) is 0 Å². The minimum Gasteiger partial charge on any atom is -0.369 e. The first-order chi connectivity index (χ1) is 5.22. The Kier molecular flexibility index (Phi) is 1.40. The molecule has 0 bridgehead atoms. The Balaban J connectivity index is 1.98. The van der Waals surface area contributed by atoms with Crippen LogP contribution in [0.1, 0.15) is 25.7 Å². The Morgan fingerprint density at radius 3 is 2.82 bits per heavy atom. The predicted octanol–water partition coefficient (Wildman–Crippen LogP) is -0.534. The zero-order chi connectivity index (χ0) is 7.90. The van der Waals surface area contributed by atoms with Crippen molar-refractivity contribution in [2.45, 2.75) is 31.3 Å². The second-order valence-electron chi connectivity index (χ2n) is 3.53. The van der Waals surface area contributed by atoms with Crippen molar-refractivity contribution in [1.29, 1.82) is 0 Å². The standard InChI is InChI=1S/C7H13N3O/c8-6(11)5-2-1-3-7(4-5)9-10-7/h5,9-10H,1-4H2,(H2,8,11). The van der Waals surface area contributed by atoms with Crippen LogP contribution in [0.4, 0.5) is 0 Å². The van der Waals surface area contributed by atoms with E-state index >= 15 is 0 Å². The Bertz CT molecular complexity index is 188. The molecular formula is C7H13N3O. The van der Waals surface area contributed by atoms with E-state index in [2.05, 4.69) is 10.9 Å². The average molecular weight is 155 g/mol. The molecule has 62 valence electrons. The molecule has 0 aromatic heterocycles. The summed E-state index contributed by atoms with van der Waals surface area (Å²) in [6.45, 7) is 0. The van der Waals surface area contributed by atoms with Crippen LogP contribution < -0.4 is 16.6 Å². The van der Waals surface area contributed by atoms with Gasteiger partial charge in [-0.2, -0.15) is 0 Å². The van der Waals surface area contributed by atoms with Gasteiger partial charge in [0, 0.05) is 5.92 Å². The number of carbonyl (C=O) groups excluding carboxylic acids is 1. The average Bonchev–Trinajstić information content (AvgIpc) is 2.69. The van der Waals surface area contributed by atoms with E-state index in [0.29, 0.717) is 0 Å². The largest absolute Gasteiger partial charge is 0.369 e. The van der Waals surface area contributed by atoms with E-state index in [1.807, 2.05) is 0 Å². The van der Waals surface area contributed by atoms with Gasteiger partial charge in [0.25, 0.3) is 0 Å². The molecule has 0 aromatic rings. The van der Waals surface area contributed by atoms with Gasteiger partial charge in [-0.15, -0.1) is 0 Å². The number of hydrogen-bond acceptors (Lipinski definition) is 3. The van der Waals surface area contributed by atoms with Gasteiger partial charge >= 0.3 is 0 Å². The lowest BCUT2D eigenvalue weighted by molar-refractivity contribution is -0.123. The molecule has 4 nitrogen and oxygen atoms in total. The Morgan fingerprint density at radius 1 is 1.55 bits per heavy atom. The lowest BCUT2D eigenvalue weighted by Gasteiger charge is -2.24. The summed E-state index contributed by atoms with van der Waals surface area (Å²) in [5.74, 6) is -0.0779. The lowest BCUT2D eigenvalue weighted by Crippen LogP contribution is -2.34. The zero-order valence-electron chi connectivity index (χ0n) is 6.39. The van der Waals surface area contributed by atoms with Gasteiger partial charge in [-0.05, 0) is 25.7 Å². The van der Waals surface area contributed by atoms with Crippen molar-refractivity contribution in [3.63, 3.8) is 0 Å². The number of hydrazine groups is 1. The highest BCUT2D eigenvalue weighted by molar-refractivity contribution is 5.76. The summed E-state index contributed by atoms with van der Waals surface area (Å²) < 4.78 is 0. The molecule has 1 spiro atoms. The third-order valence-corrected chi connectivity index (χ3v) is 2.63. The van der Waals surface area contributed by atoms with Crippen molar-refractivity contribution in [3.8, 4) is 0 Å². The molecule has 0 radical (unpaired) electrons. The second-order valence-corrected chi connectivity index (χ2v) is 3.53. The quantitative estimate of drug-likeness (QED) is 0.445. The van der Waals surface area contributed by atoms with Crippen molar-refractivity contribution >= 4 is 5.91 Å². The number of primary amides is 1. The molecule has 1 heterocycles. The van der Waals surface area contributed by atoms with Crippen LogP contribution in [0.15, 0.2) is 0 Å². The highest BCUT2D eigenvalue weighted by Gasteiger charge is 2.46. The van der Waals surface area contributed by atoms with Gasteiger partial charge in [-0.25, -0.2) is 10.9 Å². The Labute approximate surface area is 65.5 Å². The molecule has 4 heteroatoms. The fraction of sp³-hybridized carbons (Fsp3) is 0.857. The Hall–Kier alpha value is -0.610. The van der Waals surface area contributed by atoms with E-state index in [1.165, 1.54) is 0 Å². The Morgan fingerprint density at radius 2 is 2.27 bits per heavy atom. The van der Waals surface area contributed by atoms with Crippen molar-refractivity contribution in [2.24, 2.45) is 11.7 Å². The summed E-state index contributed by atoms with van der Waals surface area (Å²) >= 11 is 0. The molecule has 1 saturated carbocycles. The maximum absolute atomic E-state index is 10.8. The number of carbonyl (C=O) groups is 1. The smallest absolute Gasteiger partial charge is 0.220 e. The van der Waals surface area contributed by atoms with E-state index in [9.17, 15) is 4.79 Å². The van der Waals surface area contributed by atoms with E-state index < -0.39 is 0 Å². The zero-order valence-corrected chi connectivity index (χ0v) is 6.39. The first-order valence-corrected chi connectivity index (χ1v) is 4.06. The molecule has 4 N–H and O–H groups in total. The van der Waals surface area contributed by atoms with Gasteiger partial charge in [0.05, 0.1) is 5.66 Å². The number of nitrogens with two attached hydrogens (primary N) is 1. The molecule has 11 heavy (non-hydrogen) atoms. The summed E-state index contributed by atoms with van der Waals surface area (Å²) in [7, 11) is 0. The first kappa shape index (κ1) is 7.06. The van der Waals surface area contributed by atoms with Crippen LogP contribution in [-0.4, -0.2) is 11.6 Å². The van der Waals surface area contributed by atoms with Gasteiger partial charge in [0.2, 0.25) is 5.91 Å². The topological polar surface area (TPSA) is 87.0 Å². The number of amides is 1. The highest BCUT2D eigenvalue weighted by Crippen LogP contribution is 2.34. The monoisotopic (exact) mass is 155 g/mol. The maximum Gasteiger partial charge on any atom is 0.220 e. The fourth-order valence-electron chi connectivity index (χ4n) is 1.83. The fourth-order valence-corrected chi connectivity index (χ4v) is 1.83. The number of hydrogen-bond donors (Lipinski definition) is 3. The van der Waals surface area contributed by atoms with E-state index in [4.69, 9.17) is 5.73 Å². The molecule has 1 saturated heterocycles. The molecule has 1 aliphatic carbocycles. The van der Waals surface area contributed by atoms with E-state index in [-0.39, 0.29) is 17.5 Å². The van der Waals surface area contributed by atoms with E-state index in [0.717, 1.165) is 25.7 Å². The van der Waals surface area contributed by atoms with Crippen LogP contribution in [0.3, 0.4) is 0 Å². The van der Waals surface area contributed by atoms with Crippen molar-refractivity contribution < 1.29 is 4.79 Å². The van der Waals surface area contributed by atoms with Gasteiger partial charge in [-0.3, -0.25) is 4.79 Å². The molecule has 1 amide bonds. The SMILES string of the molecule is NC(=O)C1CCCC2(C1)NN2. The van der Waals surface area contributed by atoms with Crippen molar-refractivity contribution in [2.75, 3.05) is 0 Å². The molecule has 1 aliphatic heterocycles. The molecule has 1 unspecified atom stereocenters. The van der Waals surface area contributed by atoms with Crippen LogP contribution >= 0.6 is 0 Å². The van der Waals surface area contributed by atoms with E-state index in [1.54, 1.807) is 0 Å². The summed E-state index contributed by atoms with van der Waals surface area (Å²) in [6.07, 6.45) is 4.03. The summed E-state index contributed by atoms with van der Waals surface area (Å²) in [5.41, 5.74) is 11.5. The van der Waals surface area contributed by atoms with Gasteiger partial charge in [0.15, 0.2) is 0 Å². The molecule has 2 rings (SSSR count). The third kappa shape index (κ3) is 1.23. The first-order valence-electron chi connectivity index (χ1n) is 4.06. The normalized spacial score (nSPS) is 33.6. The third-order valence-electron chi connectivity index (χ3n) is 2.63.